The van der Waals surface area contributed by atoms with E-state index in [0.717, 1.165) is 16.9 Å². The van der Waals surface area contributed by atoms with E-state index < -0.39 is 17.4 Å². The maximum absolute atomic E-state index is 11.8. The normalized spacial score (nSPS) is 11.2. The average Bonchev–Trinajstić information content (AvgIpc) is 2.62. The van der Waals surface area contributed by atoms with Gasteiger partial charge >= 0.3 is 11.9 Å². The van der Waals surface area contributed by atoms with Crippen LogP contribution in [0, 0.1) is 0 Å². The zero-order valence-electron chi connectivity index (χ0n) is 14.7. The number of rotatable bonds is 7. The van der Waals surface area contributed by atoms with Crippen molar-refractivity contribution in [3.8, 4) is 0 Å². The Morgan fingerprint density at radius 2 is 1.56 bits per heavy atom. The fourth-order valence-electron chi connectivity index (χ4n) is 3.11. The minimum absolute atomic E-state index is 0.0153. The molecule has 0 heterocycles. The number of carboxylic acids is 2. The third-order valence-electron chi connectivity index (χ3n) is 4.72. The molecule has 0 aliphatic heterocycles. The SMILES string of the molecule is CCc1cc(N(C)c2ccccc2)ccc1C(CC)(C(=O)O)C(=O)O. The van der Waals surface area contributed by atoms with Crippen molar-refractivity contribution < 1.29 is 19.8 Å². The van der Waals surface area contributed by atoms with Gasteiger partial charge in [-0.05, 0) is 48.2 Å². The Labute approximate surface area is 147 Å². The Kier molecular flexibility index (Phi) is 5.47. The Hall–Kier alpha value is -2.82. The summed E-state index contributed by atoms with van der Waals surface area (Å²) >= 11 is 0. The van der Waals surface area contributed by atoms with Gasteiger partial charge < -0.3 is 15.1 Å². The van der Waals surface area contributed by atoms with Crippen LogP contribution in [-0.2, 0) is 21.4 Å². The number of benzene rings is 2. The van der Waals surface area contributed by atoms with E-state index in [1.165, 1.54) is 0 Å². The molecule has 2 rings (SSSR count). The summed E-state index contributed by atoms with van der Waals surface area (Å²) in [6.07, 6.45) is 0.534. The van der Waals surface area contributed by atoms with Crippen molar-refractivity contribution in [3.63, 3.8) is 0 Å². The number of anilines is 2. The van der Waals surface area contributed by atoms with Crippen molar-refractivity contribution in [2.75, 3.05) is 11.9 Å². The molecular formula is C20H23NO4. The summed E-state index contributed by atoms with van der Waals surface area (Å²) in [5, 5.41) is 19.3. The molecule has 0 saturated heterocycles. The summed E-state index contributed by atoms with van der Waals surface area (Å²) in [5.74, 6) is -2.66. The van der Waals surface area contributed by atoms with Crippen LogP contribution in [-0.4, -0.2) is 29.2 Å². The third kappa shape index (κ3) is 3.22. The highest BCUT2D eigenvalue weighted by Gasteiger charge is 2.47. The summed E-state index contributed by atoms with van der Waals surface area (Å²) in [7, 11) is 1.92. The lowest BCUT2D eigenvalue weighted by Gasteiger charge is -2.28. The second-order valence-corrected chi connectivity index (χ2v) is 5.96. The van der Waals surface area contributed by atoms with Gasteiger partial charge in [-0.3, -0.25) is 9.59 Å². The molecule has 5 heteroatoms. The first-order valence-electron chi connectivity index (χ1n) is 8.27. The van der Waals surface area contributed by atoms with Crippen molar-refractivity contribution in [2.45, 2.75) is 32.1 Å². The fraction of sp³-hybridized carbons (Fsp3) is 0.300. The largest absolute Gasteiger partial charge is 0.480 e. The van der Waals surface area contributed by atoms with Gasteiger partial charge in [0.1, 0.15) is 0 Å². The van der Waals surface area contributed by atoms with E-state index in [1.54, 1.807) is 19.1 Å². The Morgan fingerprint density at radius 1 is 0.960 bits per heavy atom. The van der Waals surface area contributed by atoms with Gasteiger partial charge in [0.2, 0.25) is 0 Å². The molecule has 2 aromatic rings. The number of aliphatic carboxylic acids is 2. The predicted molar refractivity (Wildman–Crippen MR) is 97.6 cm³/mol. The minimum Gasteiger partial charge on any atom is -0.480 e. The van der Waals surface area contributed by atoms with Crippen LogP contribution in [0.15, 0.2) is 48.5 Å². The van der Waals surface area contributed by atoms with Gasteiger partial charge in [-0.25, -0.2) is 0 Å². The quantitative estimate of drug-likeness (QED) is 0.748. The second kappa shape index (κ2) is 7.38. The van der Waals surface area contributed by atoms with Gasteiger partial charge in [0.15, 0.2) is 5.41 Å². The van der Waals surface area contributed by atoms with Crippen LogP contribution in [0.3, 0.4) is 0 Å². The monoisotopic (exact) mass is 341 g/mol. The first-order chi connectivity index (χ1) is 11.9. The molecule has 0 unspecified atom stereocenters. The lowest BCUT2D eigenvalue weighted by atomic mass is 9.75. The maximum Gasteiger partial charge on any atom is 0.325 e. The summed E-state index contributed by atoms with van der Waals surface area (Å²) < 4.78 is 0. The lowest BCUT2D eigenvalue weighted by molar-refractivity contribution is -0.157. The summed E-state index contributed by atoms with van der Waals surface area (Å²) in [6.45, 7) is 3.49. The molecule has 2 aromatic carbocycles. The number of carbonyl (C=O) groups is 2. The Bertz CT molecular complexity index is 757. The van der Waals surface area contributed by atoms with Crippen LogP contribution < -0.4 is 4.90 Å². The van der Waals surface area contributed by atoms with Gasteiger partial charge in [0, 0.05) is 18.4 Å². The molecule has 0 atom stereocenters. The average molecular weight is 341 g/mol. The molecule has 0 aliphatic rings. The van der Waals surface area contributed by atoms with Crippen molar-refractivity contribution in [1.82, 2.24) is 0 Å². The highest BCUT2D eigenvalue weighted by atomic mass is 16.4. The molecule has 132 valence electrons. The predicted octanol–water partition coefficient (Wildman–Crippen LogP) is 3.83. The van der Waals surface area contributed by atoms with Crippen LogP contribution in [0.5, 0.6) is 0 Å². The van der Waals surface area contributed by atoms with Gasteiger partial charge in [0.25, 0.3) is 0 Å². The van der Waals surface area contributed by atoms with Gasteiger partial charge in [-0.2, -0.15) is 0 Å². The van der Waals surface area contributed by atoms with E-state index in [4.69, 9.17) is 0 Å². The van der Waals surface area contributed by atoms with Crippen molar-refractivity contribution in [3.05, 3.63) is 59.7 Å². The Morgan fingerprint density at radius 3 is 2.04 bits per heavy atom. The molecule has 5 nitrogen and oxygen atoms in total. The number of hydrogen-bond donors (Lipinski definition) is 2. The number of carboxylic acid groups (broad SMARTS) is 2. The smallest absolute Gasteiger partial charge is 0.325 e. The molecule has 2 N–H and O–H groups in total. The van der Waals surface area contributed by atoms with Crippen LogP contribution in [0.1, 0.15) is 31.4 Å². The Balaban J connectivity index is 2.56. The highest BCUT2D eigenvalue weighted by Crippen LogP contribution is 2.35. The van der Waals surface area contributed by atoms with E-state index in [2.05, 4.69) is 0 Å². The van der Waals surface area contributed by atoms with E-state index >= 15 is 0 Å². The fourth-order valence-corrected chi connectivity index (χ4v) is 3.11. The van der Waals surface area contributed by atoms with E-state index in [9.17, 15) is 19.8 Å². The molecule has 0 bridgehead atoms. The molecule has 0 aliphatic carbocycles. The van der Waals surface area contributed by atoms with Crippen LogP contribution in [0.25, 0.3) is 0 Å². The second-order valence-electron chi connectivity index (χ2n) is 5.96. The zero-order valence-corrected chi connectivity index (χ0v) is 14.7. The number of nitrogens with zero attached hydrogens (tertiary/aromatic N) is 1. The minimum atomic E-state index is -1.92. The molecule has 0 fully saturated rings. The zero-order chi connectivity index (χ0) is 18.6. The molecule has 0 amide bonds. The molecule has 0 radical (unpaired) electrons. The lowest BCUT2D eigenvalue weighted by Crippen LogP contribution is -2.44. The topological polar surface area (TPSA) is 77.8 Å². The van der Waals surface area contributed by atoms with Gasteiger partial charge in [-0.15, -0.1) is 0 Å². The summed E-state index contributed by atoms with van der Waals surface area (Å²) in [4.78, 5) is 25.6. The third-order valence-corrected chi connectivity index (χ3v) is 4.72. The summed E-state index contributed by atoms with van der Waals surface area (Å²) in [6, 6.07) is 15.1. The molecule has 25 heavy (non-hydrogen) atoms. The number of para-hydroxylation sites is 1. The van der Waals surface area contributed by atoms with Crippen molar-refractivity contribution in [1.29, 1.82) is 0 Å². The van der Waals surface area contributed by atoms with Crippen LogP contribution in [0.4, 0.5) is 11.4 Å². The first-order valence-corrected chi connectivity index (χ1v) is 8.27. The number of hydrogen-bond acceptors (Lipinski definition) is 3. The summed E-state index contributed by atoms with van der Waals surface area (Å²) in [5.41, 5.74) is 1.03. The highest BCUT2D eigenvalue weighted by molar-refractivity contribution is 6.05. The van der Waals surface area contributed by atoms with Gasteiger partial charge in [0.05, 0.1) is 0 Å². The van der Waals surface area contributed by atoms with E-state index in [-0.39, 0.29) is 6.42 Å². The first kappa shape index (κ1) is 18.5. The molecule has 0 spiro atoms. The van der Waals surface area contributed by atoms with Crippen LogP contribution >= 0.6 is 0 Å². The number of aryl methyl sites for hydroxylation is 1. The van der Waals surface area contributed by atoms with E-state index in [0.29, 0.717) is 12.0 Å². The molecule has 0 saturated carbocycles. The standard InChI is InChI=1S/C20H23NO4/c1-4-14-13-16(21(3)15-9-7-6-8-10-15)11-12-17(14)20(5-2,18(22)23)19(24)25/h6-13H,4-5H2,1-3H3,(H,22,23)(H,24,25). The van der Waals surface area contributed by atoms with Crippen molar-refractivity contribution >= 4 is 23.3 Å². The van der Waals surface area contributed by atoms with Crippen LogP contribution in [0.2, 0.25) is 0 Å². The molecular weight excluding hydrogens is 318 g/mol. The maximum atomic E-state index is 11.8. The molecule has 0 aromatic heterocycles. The van der Waals surface area contributed by atoms with Gasteiger partial charge in [-0.1, -0.05) is 38.1 Å². The van der Waals surface area contributed by atoms with Crippen molar-refractivity contribution in [2.24, 2.45) is 0 Å². The van der Waals surface area contributed by atoms with E-state index in [1.807, 2.05) is 55.3 Å².